The van der Waals surface area contributed by atoms with Crippen molar-refractivity contribution in [3.63, 3.8) is 0 Å². The van der Waals surface area contributed by atoms with Crippen LogP contribution in [0.4, 0.5) is 0 Å². The van der Waals surface area contributed by atoms with Gasteiger partial charge in [-0.3, -0.25) is 10.0 Å². The molecule has 2 aromatic carbocycles. The summed E-state index contributed by atoms with van der Waals surface area (Å²) < 4.78 is 15.7. The van der Waals surface area contributed by atoms with E-state index >= 15 is 0 Å². The van der Waals surface area contributed by atoms with Gasteiger partial charge in [-0.1, -0.05) is 42.5 Å². The van der Waals surface area contributed by atoms with Gasteiger partial charge in [0.05, 0.1) is 13.2 Å². The third-order valence-electron chi connectivity index (χ3n) is 3.80. The largest absolute Gasteiger partial charge is 0.731 e. The van der Waals surface area contributed by atoms with Gasteiger partial charge in [0.1, 0.15) is 17.0 Å². The van der Waals surface area contributed by atoms with Crippen molar-refractivity contribution >= 4 is 17.6 Å². The molecule has 0 amide bonds. The Bertz CT molecular complexity index is 899. The molecule has 0 fully saturated rings. The number of hydrogen-bond acceptors (Lipinski definition) is 9. The third-order valence-corrected chi connectivity index (χ3v) is 3.80. The number of rotatable bonds is 8. The monoisotopic (exact) mass is 399 g/mol. The van der Waals surface area contributed by atoms with Gasteiger partial charge in [-0.05, 0) is 12.1 Å². The Labute approximate surface area is 166 Å². The summed E-state index contributed by atoms with van der Waals surface area (Å²) >= 11 is 0. The van der Waals surface area contributed by atoms with Crippen molar-refractivity contribution in [2.75, 3.05) is 13.2 Å². The molecule has 1 aliphatic rings. The number of carbonyl (C=O) groups is 2. The molecule has 9 nitrogen and oxygen atoms in total. The average molecular weight is 399 g/mol. The van der Waals surface area contributed by atoms with E-state index in [9.17, 15) is 14.8 Å². The smallest absolute Gasteiger partial charge is 0.341 e. The van der Waals surface area contributed by atoms with Gasteiger partial charge in [0.2, 0.25) is 5.88 Å². The molecule has 29 heavy (non-hydrogen) atoms. The van der Waals surface area contributed by atoms with E-state index in [2.05, 4.69) is 5.48 Å². The van der Waals surface area contributed by atoms with Gasteiger partial charge < -0.3 is 19.4 Å². The van der Waals surface area contributed by atoms with E-state index in [-0.39, 0.29) is 36.1 Å². The molecule has 3 rings (SSSR count). The molecular formula is C20H19N2O7-. The first-order valence-corrected chi connectivity index (χ1v) is 8.83. The maximum atomic E-state index is 12.2. The lowest BCUT2D eigenvalue weighted by atomic mass is 10.2. The second-order valence-corrected chi connectivity index (χ2v) is 5.92. The molecule has 2 aromatic rings. The van der Waals surface area contributed by atoms with Crippen molar-refractivity contribution in [2.45, 2.75) is 13.3 Å². The summed E-state index contributed by atoms with van der Waals surface area (Å²) in [6, 6.07) is 15.2. The Hall–Kier alpha value is -3.56. The van der Waals surface area contributed by atoms with E-state index in [1.54, 1.807) is 36.4 Å². The minimum atomic E-state index is -0.612. The maximum Gasteiger partial charge on any atom is 0.341 e. The van der Waals surface area contributed by atoms with E-state index in [1.807, 2.05) is 6.07 Å². The number of hydrogen-bond donors (Lipinski definition) is 1. The number of hydroxylamine groups is 3. The number of nitrogens with one attached hydrogen (secondary N) is 1. The van der Waals surface area contributed by atoms with Crippen LogP contribution in [-0.4, -0.2) is 30.4 Å². The molecule has 0 unspecified atom stereocenters. The lowest BCUT2D eigenvalue weighted by Gasteiger charge is -2.22. The van der Waals surface area contributed by atoms with E-state index in [4.69, 9.17) is 19.1 Å². The predicted molar refractivity (Wildman–Crippen MR) is 101 cm³/mol. The highest BCUT2D eigenvalue weighted by Gasteiger charge is 2.21. The molecule has 1 heterocycles. The Balaban J connectivity index is 1.51. The van der Waals surface area contributed by atoms with E-state index < -0.39 is 11.9 Å². The van der Waals surface area contributed by atoms with E-state index in [0.29, 0.717) is 17.2 Å². The molecule has 1 aliphatic heterocycles. The van der Waals surface area contributed by atoms with Crippen molar-refractivity contribution in [3.05, 3.63) is 76.8 Å². The summed E-state index contributed by atoms with van der Waals surface area (Å²) in [5.74, 6) is -0.821. The molecule has 0 bridgehead atoms. The van der Waals surface area contributed by atoms with Gasteiger partial charge in [0.15, 0.2) is 0 Å². The second-order valence-electron chi connectivity index (χ2n) is 5.92. The van der Waals surface area contributed by atoms with Crippen LogP contribution in [0, 0.1) is 5.21 Å². The topological polar surface area (TPSA) is 109 Å². The van der Waals surface area contributed by atoms with Crippen molar-refractivity contribution < 1.29 is 28.7 Å². The molecule has 1 N–H and O–H groups in total. The molecule has 0 aliphatic carbocycles. The molecule has 0 radical (unpaired) electrons. The van der Waals surface area contributed by atoms with Crippen LogP contribution in [0.1, 0.15) is 29.3 Å². The summed E-state index contributed by atoms with van der Waals surface area (Å²) in [6.07, 6.45) is 0.369. The summed E-state index contributed by atoms with van der Waals surface area (Å²) in [6.45, 7) is 1.50. The molecule has 0 aromatic heterocycles. The Morgan fingerprint density at radius 3 is 2.55 bits per heavy atom. The average Bonchev–Trinajstić information content (AvgIpc) is 3.08. The number of carbonyl (C=O) groups excluding carboxylic acids is 2. The number of para-hydroxylation sites is 1. The lowest BCUT2D eigenvalue weighted by molar-refractivity contribution is -0.131. The first-order chi connectivity index (χ1) is 14.1. The highest BCUT2D eigenvalue weighted by Crippen LogP contribution is 2.26. The first-order valence-electron chi connectivity index (χ1n) is 8.83. The van der Waals surface area contributed by atoms with Crippen molar-refractivity contribution in [1.29, 1.82) is 0 Å². The van der Waals surface area contributed by atoms with Crippen LogP contribution in [0.5, 0.6) is 5.75 Å². The van der Waals surface area contributed by atoms with Crippen molar-refractivity contribution in [2.24, 2.45) is 0 Å². The fourth-order valence-electron chi connectivity index (χ4n) is 2.55. The Morgan fingerprint density at radius 2 is 1.79 bits per heavy atom. The summed E-state index contributed by atoms with van der Waals surface area (Å²) in [5, 5.41) is 12.1. The zero-order valence-corrected chi connectivity index (χ0v) is 15.6. The van der Waals surface area contributed by atoms with Gasteiger partial charge in [0.25, 0.3) is 0 Å². The predicted octanol–water partition coefficient (Wildman–Crippen LogP) is 2.75. The maximum absolute atomic E-state index is 12.2. The number of benzene rings is 2. The normalized spacial score (nSPS) is 13.1. The molecule has 0 saturated carbocycles. The first kappa shape index (κ1) is 20.2. The van der Waals surface area contributed by atoms with Crippen LogP contribution in [0.3, 0.4) is 0 Å². The zero-order chi connectivity index (χ0) is 20.6. The number of ether oxygens (including phenoxy) is 3. The van der Waals surface area contributed by atoms with Crippen LogP contribution < -0.4 is 10.2 Å². The Kier molecular flexibility index (Phi) is 6.67. The standard InChI is InChI=1S/C20H19N2O7/c1-14(23)28-17-11-6-5-10-16(17)20(24)27-13-7-12-26-19-18(22(25)29-21-19)15-8-3-2-4-9-15/h2-6,8-11,21H,7,12-13H2,1H3/q-1. The third kappa shape index (κ3) is 5.24. The molecule has 0 atom stereocenters. The van der Waals surface area contributed by atoms with Crippen LogP contribution in [-0.2, 0) is 19.2 Å². The number of esters is 2. The molecule has 0 saturated heterocycles. The van der Waals surface area contributed by atoms with Crippen LogP contribution in [0.2, 0.25) is 0 Å². The fraction of sp³-hybridized carbons (Fsp3) is 0.200. The summed E-state index contributed by atoms with van der Waals surface area (Å²) in [4.78, 5) is 28.1. The fourth-order valence-corrected chi connectivity index (χ4v) is 2.55. The molecule has 152 valence electrons. The summed E-state index contributed by atoms with van der Waals surface area (Å²) in [5.41, 5.74) is 3.43. The highest BCUT2D eigenvalue weighted by molar-refractivity contribution is 5.93. The van der Waals surface area contributed by atoms with Crippen LogP contribution in [0.25, 0.3) is 5.70 Å². The van der Waals surface area contributed by atoms with E-state index in [1.165, 1.54) is 19.1 Å². The lowest BCUT2D eigenvalue weighted by Crippen LogP contribution is -2.15. The van der Waals surface area contributed by atoms with Crippen molar-refractivity contribution in [3.8, 4) is 5.75 Å². The SMILES string of the molecule is CC(=O)Oc1ccccc1C(=O)OCCCOC1=C(c2ccccc2)N([O-])ON1. The molecular weight excluding hydrogens is 380 g/mol. The molecule has 9 heteroatoms. The Morgan fingerprint density at radius 1 is 1.07 bits per heavy atom. The van der Waals surface area contributed by atoms with Gasteiger partial charge in [0, 0.05) is 18.9 Å². The van der Waals surface area contributed by atoms with Gasteiger partial charge >= 0.3 is 11.9 Å². The minimum absolute atomic E-state index is 0.0726. The van der Waals surface area contributed by atoms with Gasteiger partial charge in [-0.25, -0.2) is 10.3 Å². The second kappa shape index (κ2) is 9.58. The van der Waals surface area contributed by atoms with Gasteiger partial charge in [-0.2, -0.15) is 4.94 Å². The number of nitrogens with zero attached hydrogens (tertiary/aromatic N) is 1. The highest BCUT2D eigenvalue weighted by atomic mass is 17.0. The zero-order valence-electron chi connectivity index (χ0n) is 15.6. The van der Waals surface area contributed by atoms with Crippen molar-refractivity contribution in [1.82, 2.24) is 10.7 Å². The van der Waals surface area contributed by atoms with Gasteiger partial charge in [-0.15, -0.1) is 0 Å². The minimum Gasteiger partial charge on any atom is -0.731 e. The van der Waals surface area contributed by atoms with E-state index in [0.717, 1.165) is 0 Å². The van der Waals surface area contributed by atoms with Crippen LogP contribution >= 0.6 is 0 Å². The van der Waals surface area contributed by atoms with Crippen LogP contribution in [0.15, 0.2) is 60.5 Å². The summed E-state index contributed by atoms with van der Waals surface area (Å²) in [7, 11) is 0. The quantitative estimate of drug-likeness (QED) is 0.407. The molecule has 0 spiro atoms.